The van der Waals surface area contributed by atoms with Crippen LogP contribution in [0.25, 0.3) is 11.4 Å². The third-order valence-corrected chi connectivity index (χ3v) is 3.75. The van der Waals surface area contributed by atoms with Gasteiger partial charge in [-0.3, -0.25) is 0 Å². The molecule has 0 radical (unpaired) electrons. The molecular formula is C14H15BrFN3. The Hall–Kier alpha value is -1.49. The number of nitrogens with zero attached hydrogens (tertiary/aromatic N) is 2. The molecule has 0 saturated carbocycles. The zero-order valence-corrected chi connectivity index (χ0v) is 12.7. The summed E-state index contributed by atoms with van der Waals surface area (Å²) < 4.78 is 14.0. The molecule has 100 valence electrons. The molecule has 3 nitrogen and oxygen atoms in total. The Morgan fingerprint density at radius 2 is 2.05 bits per heavy atom. The van der Waals surface area contributed by atoms with Crippen LogP contribution in [-0.4, -0.2) is 17.0 Å². The highest BCUT2D eigenvalue weighted by Gasteiger charge is 2.13. The van der Waals surface area contributed by atoms with Crippen LogP contribution in [0.5, 0.6) is 0 Å². The highest BCUT2D eigenvalue weighted by atomic mass is 79.9. The molecule has 0 aliphatic heterocycles. The van der Waals surface area contributed by atoms with E-state index in [2.05, 4.69) is 31.2 Å². The maximum atomic E-state index is 13.2. The number of nitrogens with one attached hydrogen (secondary N) is 1. The van der Waals surface area contributed by atoms with Gasteiger partial charge in [0.05, 0.1) is 10.2 Å². The van der Waals surface area contributed by atoms with E-state index in [9.17, 15) is 4.39 Å². The first-order valence-corrected chi connectivity index (χ1v) is 6.86. The van der Waals surface area contributed by atoms with Crippen molar-refractivity contribution in [3.05, 3.63) is 39.7 Å². The quantitative estimate of drug-likeness (QED) is 0.929. The van der Waals surface area contributed by atoms with Gasteiger partial charge in [0.2, 0.25) is 0 Å². The molecule has 1 aromatic carbocycles. The highest BCUT2D eigenvalue weighted by Crippen LogP contribution is 2.28. The van der Waals surface area contributed by atoms with Gasteiger partial charge >= 0.3 is 0 Å². The predicted molar refractivity (Wildman–Crippen MR) is 78.8 cm³/mol. The van der Waals surface area contributed by atoms with Crippen molar-refractivity contribution in [1.29, 1.82) is 0 Å². The first kappa shape index (κ1) is 13.9. The number of benzene rings is 1. The second kappa shape index (κ2) is 5.65. The molecule has 1 aromatic heterocycles. The first-order chi connectivity index (χ1) is 9.06. The lowest BCUT2D eigenvalue weighted by molar-refractivity contribution is 0.627. The van der Waals surface area contributed by atoms with Gasteiger partial charge in [0, 0.05) is 12.6 Å². The lowest BCUT2D eigenvalue weighted by Gasteiger charge is -2.11. The minimum Gasteiger partial charge on any atom is -0.372 e. The minimum atomic E-state index is -0.247. The van der Waals surface area contributed by atoms with Crippen LogP contribution in [-0.2, 0) is 6.42 Å². The molecule has 0 spiro atoms. The second-order valence-corrected chi connectivity index (χ2v) is 5.01. The van der Waals surface area contributed by atoms with Crippen LogP contribution in [0.4, 0.5) is 10.2 Å². The van der Waals surface area contributed by atoms with Crippen molar-refractivity contribution in [2.45, 2.75) is 20.3 Å². The summed E-state index contributed by atoms with van der Waals surface area (Å²) in [6.45, 7) is 3.89. The van der Waals surface area contributed by atoms with Crippen LogP contribution in [0.2, 0.25) is 0 Å². The van der Waals surface area contributed by atoms with E-state index in [1.807, 2.05) is 20.9 Å². The summed E-state index contributed by atoms with van der Waals surface area (Å²) in [6.07, 6.45) is 0.797. The summed E-state index contributed by atoms with van der Waals surface area (Å²) in [5.74, 6) is 1.11. The third-order valence-electron chi connectivity index (χ3n) is 2.92. The summed E-state index contributed by atoms with van der Waals surface area (Å²) in [7, 11) is 1.81. The lowest BCUT2D eigenvalue weighted by atomic mass is 10.1. The van der Waals surface area contributed by atoms with E-state index >= 15 is 0 Å². The van der Waals surface area contributed by atoms with E-state index < -0.39 is 0 Å². The van der Waals surface area contributed by atoms with Gasteiger partial charge in [-0.25, -0.2) is 14.4 Å². The van der Waals surface area contributed by atoms with Crippen LogP contribution >= 0.6 is 15.9 Å². The molecule has 0 unspecified atom stereocenters. The molecule has 19 heavy (non-hydrogen) atoms. The molecule has 0 bridgehead atoms. The van der Waals surface area contributed by atoms with E-state index in [4.69, 9.17) is 0 Å². The van der Waals surface area contributed by atoms with Gasteiger partial charge in [-0.15, -0.1) is 0 Å². The molecule has 0 aliphatic carbocycles. The van der Waals surface area contributed by atoms with Crippen LogP contribution in [0, 0.1) is 12.7 Å². The van der Waals surface area contributed by atoms with Crippen molar-refractivity contribution in [1.82, 2.24) is 9.97 Å². The number of aryl methyl sites for hydroxylation is 2. The number of aromatic nitrogens is 2. The lowest BCUT2D eigenvalue weighted by Crippen LogP contribution is -2.03. The van der Waals surface area contributed by atoms with Crippen molar-refractivity contribution >= 4 is 21.7 Å². The van der Waals surface area contributed by atoms with Gasteiger partial charge in [0.15, 0.2) is 5.82 Å². The predicted octanol–water partition coefficient (Wildman–Crippen LogP) is 3.96. The average Bonchev–Trinajstić information content (AvgIpc) is 2.39. The Morgan fingerprint density at radius 1 is 1.32 bits per heavy atom. The second-order valence-electron chi connectivity index (χ2n) is 4.22. The number of hydrogen-bond donors (Lipinski definition) is 1. The Balaban J connectivity index is 2.62. The van der Waals surface area contributed by atoms with Gasteiger partial charge in [0.25, 0.3) is 0 Å². The molecule has 5 heteroatoms. The van der Waals surface area contributed by atoms with Gasteiger partial charge in [-0.1, -0.05) is 6.92 Å². The fourth-order valence-corrected chi connectivity index (χ4v) is 2.55. The maximum absolute atomic E-state index is 13.2. The summed E-state index contributed by atoms with van der Waals surface area (Å²) in [6, 6.07) is 4.64. The Bertz CT molecular complexity index is 589. The summed E-state index contributed by atoms with van der Waals surface area (Å²) in [4.78, 5) is 9.01. The zero-order valence-electron chi connectivity index (χ0n) is 11.1. The van der Waals surface area contributed by atoms with Crippen molar-refractivity contribution in [3.63, 3.8) is 0 Å². The van der Waals surface area contributed by atoms with Crippen molar-refractivity contribution in [2.24, 2.45) is 0 Å². The van der Waals surface area contributed by atoms with Crippen molar-refractivity contribution in [2.75, 3.05) is 12.4 Å². The highest BCUT2D eigenvalue weighted by molar-refractivity contribution is 9.10. The summed E-state index contributed by atoms with van der Waals surface area (Å²) >= 11 is 3.49. The molecule has 0 atom stereocenters. The fraction of sp³-hybridized carbons (Fsp3) is 0.286. The number of halogens is 2. The van der Waals surface area contributed by atoms with E-state index in [1.165, 1.54) is 12.1 Å². The van der Waals surface area contributed by atoms with E-state index in [1.54, 1.807) is 6.07 Å². The van der Waals surface area contributed by atoms with Crippen molar-refractivity contribution in [3.8, 4) is 11.4 Å². The Kier molecular flexibility index (Phi) is 4.14. The number of rotatable bonds is 3. The molecule has 0 saturated heterocycles. The molecular weight excluding hydrogens is 309 g/mol. The molecule has 0 amide bonds. The van der Waals surface area contributed by atoms with Crippen LogP contribution in [0.15, 0.2) is 22.7 Å². The Labute approximate surface area is 120 Å². The van der Waals surface area contributed by atoms with Gasteiger partial charge in [-0.05, 0) is 53.0 Å². The number of anilines is 1. The minimum absolute atomic E-state index is 0.247. The monoisotopic (exact) mass is 323 g/mol. The maximum Gasteiger partial charge on any atom is 0.162 e. The van der Waals surface area contributed by atoms with Crippen LogP contribution in [0.1, 0.15) is 18.2 Å². The largest absolute Gasteiger partial charge is 0.372 e. The zero-order chi connectivity index (χ0) is 14.0. The molecule has 1 N–H and O–H groups in total. The summed E-state index contributed by atoms with van der Waals surface area (Å²) in [5.41, 5.74) is 2.60. The molecule has 0 fully saturated rings. The Morgan fingerprint density at radius 3 is 2.63 bits per heavy atom. The number of hydrogen-bond acceptors (Lipinski definition) is 3. The van der Waals surface area contributed by atoms with Crippen LogP contribution < -0.4 is 5.32 Å². The smallest absolute Gasteiger partial charge is 0.162 e. The van der Waals surface area contributed by atoms with E-state index in [-0.39, 0.29) is 5.82 Å². The molecule has 0 aliphatic rings. The third kappa shape index (κ3) is 2.76. The normalized spacial score (nSPS) is 10.6. The standard InChI is InChI=1S/C14H15BrFN3/c1-4-11-12(15)14(17-3)19-13(18-11)10-6-5-9(16)7-8(10)2/h5-7H,4H2,1-3H3,(H,17,18,19). The molecule has 1 heterocycles. The average molecular weight is 324 g/mol. The fourth-order valence-electron chi connectivity index (χ4n) is 1.89. The summed E-state index contributed by atoms with van der Waals surface area (Å²) in [5, 5.41) is 3.04. The topological polar surface area (TPSA) is 37.8 Å². The van der Waals surface area contributed by atoms with Crippen molar-refractivity contribution < 1.29 is 4.39 Å². The van der Waals surface area contributed by atoms with E-state index in [0.29, 0.717) is 5.82 Å². The molecule has 2 rings (SSSR count). The van der Waals surface area contributed by atoms with Gasteiger partial charge < -0.3 is 5.32 Å². The first-order valence-electron chi connectivity index (χ1n) is 6.07. The molecule has 2 aromatic rings. The van der Waals surface area contributed by atoms with Gasteiger partial charge in [0.1, 0.15) is 11.6 Å². The SMILES string of the molecule is CCc1nc(-c2ccc(F)cc2C)nc(NC)c1Br. The van der Waals surface area contributed by atoms with Gasteiger partial charge in [-0.2, -0.15) is 0 Å². The van der Waals surface area contributed by atoms with Crippen LogP contribution in [0.3, 0.4) is 0 Å². The van der Waals surface area contributed by atoms with E-state index in [0.717, 1.165) is 33.5 Å².